The Hall–Kier alpha value is -2.53. The van der Waals surface area contributed by atoms with Crippen LogP contribution in [0.25, 0.3) is 11.0 Å². The van der Waals surface area contributed by atoms with Crippen molar-refractivity contribution >= 4 is 50.1 Å². The van der Waals surface area contributed by atoms with Crippen LogP contribution >= 0.6 is 27.5 Å². The number of nitrogens with one attached hydrogen (secondary N) is 1. The normalized spacial score (nSPS) is 12.8. The number of hydrogen-bond acceptors (Lipinski definition) is 6. The van der Waals surface area contributed by atoms with Crippen LogP contribution in [-0.4, -0.2) is 19.9 Å². The first-order valence-electron chi connectivity index (χ1n) is 8.09. The number of nitrogens with zero attached hydrogens (tertiary/aromatic N) is 4. The summed E-state index contributed by atoms with van der Waals surface area (Å²) in [6.45, 7) is 3.20. The third-order valence-corrected chi connectivity index (χ3v) is 5.16. The molecule has 0 saturated heterocycles. The molecule has 29 heavy (non-hydrogen) atoms. The zero-order chi connectivity index (χ0) is 21.5. The number of non-ortho nitro benzene ring substituents is 1. The summed E-state index contributed by atoms with van der Waals surface area (Å²) in [6, 6.07) is 3.36. The minimum Gasteiger partial charge on any atom is -0.363 e. The first-order valence-corrected chi connectivity index (χ1v) is 9.26. The third-order valence-electron chi connectivity index (χ3n) is 4.04. The van der Waals surface area contributed by atoms with Crippen molar-refractivity contribution in [2.45, 2.75) is 26.1 Å². The topological polar surface area (TPSA) is 93.8 Å². The van der Waals surface area contributed by atoms with E-state index in [9.17, 15) is 23.3 Å². The van der Waals surface area contributed by atoms with Crippen LogP contribution in [0, 0.1) is 17.0 Å². The highest BCUT2D eigenvalue weighted by molar-refractivity contribution is 9.10. The number of fused-ring (bicyclic) bond motifs is 1. The third kappa shape index (κ3) is 4.56. The highest BCUT2D eigenvalue weighted by Crippen LogP contribution is 2.35. The number of alkyl halides is 3. The molecule has 1 aromatic carbocycles. The Kier molecular flexibility index (Phi) is 5.63. The molecule has 0 unspecified atom stereocenters. The maximum absolute atomic E-state index is 13.2. The van der Waals surface area contributed by atoms with Crippen molar-refractivity contribution < 1.29 is 18.1 Å². The molecule has 0 saturated carbocycles. The largest absolute Gasteiger partial charge is 0.416 e. The molecule has 7 nitrogen and oxygen atoms in total. The molecule has 12 heteroatoms. The Balaban J connectivity index is 2.07. The number of aryl methyl sites for hydroxylation is 1. The van der Waals surface area contributed by atoms with Crippen molar-refractivity contribution in [1.29, 1.82) is 0 Å². The molecule has 0 aliphatic rings. The van der Waals surface area contributed by atoms with E-state index in [0.717, 1.165) is 12.1 Å². The van der Waals surface area contributed by atoms with E-state index in [-0.39, 0.29) is 10.7 Å². The van der Waals surface area contributed by atoms with Crippen molar-refractivity contribution in [3.63, 3.8) is 0 Å². The number of halogens is 5. The van der Waals surface area contributed by atoms with Crippen LogP contribution in [0.5, 0.6) is 0 Å². The van der Waals surface area contributed by atoms with Gasteiger partial charge in [-0.25, -0.2) is 15.0 Å². The van der Waals surface area contributed by atoms with E-state index in [1.165, 1.54) is 0 Å². The molecule has 0 amide bonds. The SMILES string of the molecule is Cc1nc(N[C@H](C)c2cc([N+](=O)[O-])cc(C(F)(F)F)c2)c2cc(Br)c(Cl)nc2n1. The molecule has 0 aliphatic heterocycles. The summed E-state index contributed by atoms with van der Waals surface area (Å²) in [4.78, 5) is 22.8. The van der Waals surface area contributed by atoms with Crippen molar-refractivity contribution in [2.24, 2.45) is 0 Å². The minimum absolute atomic E-state index is 0.0805. The molecule has 2 aromatic heterocycles. The second kappa shape index (κ2) is 7.71. The fraction of sp³-hybridized carbons (Fsp3) is 0.235. The molecule has 1 atom stereocenters. The Labute approximate surface area is 175 Å². The van der Waals surface area contributed by atoms with Gasteiger partial charge in [0.1, 0.15) is 16.8 Å². The van der Waals surface area contributed by atoms with Gasteiger partial charge in [0.05, 0.1) is 26.4 Å². The molecule has 3 rings (SSSR count). The lowest BCUT2D eigenvalue weighted by Crippen LogP contribution is -2.13. The van der Waals surface area contributed by atoms with Crippen LogP contribution in [0.3, 0.4) is 0 Å². The van der Waals surface area contributed by atoms with Gasteiger partial charge < -0.3 is 5.32 Å². The summed E-state index contributed by atoms with van der Waals surface area (Å²) >= 11 is 9.25. The molecule has 0 fully saturated rings. The van der Waals surface area contributed by atoms with E-state index >= 15 is 0 Å². The molecule has 0 aliphatic carbocycles. The van der Waals surface area contributed by atoms with Gasteiger partial charge in [-0.3, -0.25) is 10.1 Å². The molecule has 2 heterocycles. The molecule has 0 bridgehead atoms. The second-order valence-corrected chi connectivity index (χ2v) is 7.40. The van der Waals surface area contributed by atoms with Gasteiger partial charge in [-0.1, -0.05) is 11.6 Å². The fourth-order valence-electron chi connectivity index (χ4n) is 2.67. The molecule has 0 radical (unpaired) electrons. The lowest BCUT2D eigenvalue weighted by molar-refractivity contribution is -0.385. The Morgan fingerprint density at radius 1 is 1.21 bits per heavy atom. The molecule has 1 N–H and O–H groups in total. The highest BCUT2D eigenvalue weighted by atomic mass is 79.9. The summed E-state index contributed by atoms with van der Waals surface area (Å²) in [6.07, 6.45) is -4.72. The van der Waals surface area contributed by atoms with E-state index < -0.39 is 28.4 Å². The molecule has 0 spiro atoms. The number of nitro benzene ring substituents is 1. The summed E-state index contributed by atoms with van der Waals surface area (Å²) < 4.78 is 40.0. The summed E-state index contributed by atoms with van der Waals surface area (Å²) in [7, 11) is 0. The van der Waals surface area contributed by atoms with Crippen LogP contribution in [0.15, 0.2) is 28.7 Å². The first kappa shape index (κ1) is 21.2. The molecular formula is C17H12BrClF3N5O2. The van der Waals surface area contributed by atoms with E-state index in [4.69, 9.17) is 11.6 Å². The number of benzene rings is 1. The van der Waals surface area contributed by atoms with Gasteiger partial charge in [0.2, 0.25) is 0 Å². The monoisotopic (exact) mass is 489 g/mol. The standard InChI is InChI=1S/C17H12BrClF3N5O2/c1-7(9-3-10(17(20,21)22)5-11(4-9)27(28)29)23-15-12-6-13(18)14(19)26-16(12)25-8(2)24-15/h3-7H,1-2H3,(H,23,24,25,26)/t7-/m1/s1. The van der Waals surface area contributed by atoms with E-state index in [2.05, 4.69) is 36.2 Å². The Morgan fingerprint density at radius 2 is 1.90 bits per heavy atom. The summed E-state index contributed by atoms with van der Waals surface area (Å²) in [5, 5.41) is 14.7. The quantitative estimate of drug-likeness (QED) is 0.280. The number of nitro groups is 1. The predicted octanol–water partition coefficient (Wildman–Crippen LogP) is 5.85. The number of aromatic nitrogens is 3. The predicted molar refractivity (Wildman–Crippen MR) is 105 cm³/mol. The van der Waals surface area contributed by atoms with Gasteiger partial charge in [0.25, 0.3) is 5.69 Å². The van der Waals surface area contributed by atoms with Crippen molar-refractivity contribution in [3.8, 4) is 0 Å². The van der Waals surface area contributed by atoms with E-state index in [1.807, 2.05) is 0 Å². The van der Waals surface area contributed by atoms with E-state index in [0.29, 0.717) is 33.2 Å². The lowest BCUT2D eigenvalue weighted by atomic mass is 10.0. The Bertz CT molecular complexity index is 1130. The zero-order valence-electron chi connectivity index (χ0n) is 14.9. The summed E-state index contributed by atoms with van der Waals surface area (Å²) in [5.74, 6) is 0.679. The van der Waals surface area contributed by atoms with Gasteiger partial charge >= 0.3 is 6.18 Å². The van der Waals surface area contributed by atoms with Crippen molar-refractivity contribution in [3.05, 3.63) is 61.0 Å². The van der Waals surface area contributed by atoms with Crippen LogP contribution < -0.4 is 5.32 Å². The lowest BCUT2D eigenvalue weighted by Gasteiger charge is -2.18. The molecular weight excluding hydrogens is 479 g/mol. The van der Waals surface area contributed by atoms with Gasteiger partial charge in [0.15, 0.2) is 5.65 Å². The first-order chi connectivity index (χ1) is 13.5. The maximum atomic E-state index is 13.2. The van der Waals surface area contributed by atoms with E-state index in [1.54, 1.807) is 19.9 Å². The highest BCUT2D eigenvalue weighted by Gasteiger charge is 2.33. The number of rotatable bonds is 4. The van der Waals surface area contributed by atoms with Crippen molar-refractivity contribution in [1.82, 2.24) is 15.0 Å². The summed E-state index contributed by atoms with van der Waals surface area (Å²) in [5.41, 5.74) is -1.37. The van der Waals surface area contributed by atoms with Crippen molar-refractivity contribution in [2.75, 3.05) is 5.32 Å². The second-order valence-electron chi connectivity index (χ2n) is 6.19. The average molecular weight is 491 g/mol. The maximum Gasteiger partial charge on any atom is 0.416 e. The number of anilines is 1. The van der Waals surface area contributed by atoms with Crippen LogP contribution in [0.1, 0.15) is 29.9 Å². The van der Waals surface area contributed by atoms with Crippen LogP contribution in [0.2, 0.25) is 5.15 Å². The smallest absolute Gasteiger partial charge is 0.363 e. The zero-order valence-corrected chi connectivity index (χ0v) is 17.2. The average Bonchev–Trinajstić information content (AvgIpc) is 2.62. The minimum atomic E-state index is -4.72. The number of hydrogen-bond donors (Lipinski definition) is 1. The molecule has 152 valence electrons. The van der Waals surface area contributed by atoms with Gasteiger partial charge in [-0.15, -0.1) is 0 Å². The number of pyridine rings is 1. The fourth-order valence-corrected chi connectivity index (χ4v) is 3.12. The van der Waals surface area contributed by atoms with Gasteiger partial charge in [-0.05, 0) is 47.5 Å². The van der Waals surface area contributed by atoms with Crippen LogP contribution in [0.4, 0.5) is 24.7 Å². The van der Waals surface area contributed by atoms with Crippen LogP contribution in [-0.2, 0) is 6.18 Å². The molecule has 3 aromatic rings. The van der Waals surface area contributed by atoms with Gasteiger partial charge in [-0.2, -0.15) is 13.2 Å². The van der Waals surface area contributed by atoms with Gasteiger partial charge in [0, 0.05) is 12.1 Å². The Morgan fingerprint density at radius 3 is 2.52 bits per heavy atom.